The maximum atomic E-state index is 12.4. The summed E-state index contributed by atoms with van der Waals surface area (Å²) in [7, 11) is 0. The van der Waals surface area contributed by atoms with E-state index < -0.39 is 0 Å². The van der Waals surface area contributed by atoms with Gasteiger partial charge in [-0.25, -0.2) is 4.98 Å². The molecule has 0 bridgehead atoms. The first kappa shape index (κ1) is 20.2. The number of thiazole rings is 1. The molecule has 0 unspecified atom stereocenters. The van der Waals surface area contributed by atoms with Gasteiger partial charge in [0.2, 0.25) is 5.91 Å². The zero-order valence-corrected chi connectivity index (χ0v) is 17.4. The zero-order valence-electron chi connectivity index (χ0n) is 15.8. The number of thioether (sulfide) groups is 1. The van der Waals surface area contributed by atoms with Crippen molar-refractivity contribution >= 4 is 34.7 Å². The Kier molecular flexibility index (Phi) is 7.33. The maximum Gasteiger partial charge on any atom is 0.234 e. The van der Waals surface area contributed by atoms with Crippen LogP contribution in [0, 0.1) is 0 Å². The summed E-state index contributed by atoms with van der Waals surface area (Å²) < 4.78 is 12.0. The lowest BCUT2D eigenvalue weighted by Crippen LogP contribution is -2.15. The lowest BCUT2D eigenvalue weighted by molar-refractivity contribution is -0.113. The second kappa shape index (κ2) is 10.1. The molecule has 0 fully saturated rings. The van der Waals surface area contributed by atoms with Crippen molar-refractivity contribution in [1.82, 2.24) is 4.98 Å². The number of ether oxygens (including phenoxy) is 2. The van der Waals surface area contributed by atoms with Crippen molar-refractivity contribution in [2.24, 2.45) is 0 Å². The van der Waals surface area contributed by atoms with Crippen molar-refractivity contribution in [2.75, 3.05) is 24.3 Å². The first-order chi connectivity index (χ1) is 13.7. The van der Waals surface area contributed by atoms with Gasteiger partial charge < -0.3 is 14.8 Å². The molecule has 0 spiro atoms. The Labute approximate surface area is 173 Å². The average molecular weight is 415 g/mol. The predicted molar refractivity (Wildman–Crippen MR) is 116 cm³/mol. The van der Waals surface area contributed by atoms with Crippen LogP contribution in [0.4, 0.5) is 5.69 Å². The van der Waals surface area contributed by atoms with E-state index in [0.717, 1.165) is 15.6 Å². The molecule has 3 aromatic rings. The van der Waals surface area contributed by atoms with Gasteiger partial charge in [0.1, 0.15) is 11.5 Å². The van der Waals surface area contributed by atoms with Crippen LogP contribution in [0.15, 0.2) is 58.3 Å². The van der Waals surface area contributed by atoms with Crippen molar-refractivity contribution in [1.29, 1.82) is 0 Å². The molecule has 0 atom stereocenters. The molecule has 0 saturated carbocycles. The van der Waals surface area contributed by atoms with Crippen LogP contribution < -0.4 is 14.8 Å². The van der Waals surface area contributed by atoms with E-state index in [0.29, 0.717) is 30.4 Å². The summed E-state index contributed by atoms with van der Waals surface area (Å²) in [6, 6.07) is 15.4. The fourth-order valence-corrected chi connectivity index (χ4v) is 4.16. The number of rotatable bonds is 9. The third-order valence-corrected chi connectivity index (χ3v) is 5.74. The highest BCUT2D eigenvalue weighted by molar-refractivity contribution is 8.01. The fourth-order valence-electron chi connectivity index (χ4n) is 2.52. The molecule has 146 valence electrons. The number of nitrogens with zero attached hydrogens (tertiary/aromatic N) is 1. The largest absolute Gasteiger partial charge is 0.494 e. The van der Waals surface area contributed by atoms with Crippen LogP contribution in [0.1, 0.15) is 13.8 Å². The first-order valence-electron chi connectivity index (χ1n) is 9.02. The SMILES string of the molecule is CCOc1ccc(OCC)c(NC(=O)CSc2nc(-c3ccccc3)cs2)c1. The minimum absolute atomic E-state index is 0.115. The summed E-state index contributed by atoms with van der Waals surface area (Å²) in [5.41, 5.74) is 2.61. The average Bonchev–Trinajstić information content (AvgIpc) is 3.19. The molecule has 1 heterocycles. The molecule has 5 nitrogen and oxygen atoms in total. The molecule has 1 amide bonds. The molecule has 0 aliphatic heterocycles. The van der Waals surface area contributed by atoms with Crippen molar-refractivity contribution < 1.29 is 14.3 Å². The maximum absolute atomic E-state index is 12.4. The quantitative estimate of drug-likeness (QED) is 0.479. The van der Waals surface area contributed by atoms with Gasteiger partial charge in [-0.15, -0.1) is 11.3 Å². The van der Waals surface area contributed by atoms with Crippen LogP contribution >= 0.6 is 23.1 Å². The second-order valence-corrected chi connectivity index (χ2v) is 7.81. The van der Waals surface area contributed by atoms with Crippen LogP contribution in [0.5, 0.6) is 11.5 Å². The molecule has 0 radical (unpaired) electrons. The Balaban J connectivity index is 1.61. The van der Waals surface area contributed by atoms with E-state index in [1.165, 1.54) is 11.8 Å². The Morgan fingerprint density at radius 1 is 1.11 bits per heavy atom. The van der Waals surface area contributed by atoms with Crippen molar-refractivity contribution in [3.63, 3.8) is 0 Å². The fraction of sp³-hybridized carbons (Fsp3) is 0.238. The third-order valence-electron chi connectivity index (χ3n) is 3.72. The highest BCUT2D eigenvalue weighted by Gasteiger charge is 2.12. The van der Waals surface area contributed by atoms with Crippen LogP contribution in [0.3, 0.4) is 0 Å². The summed E-state index contributed by atoms with van der Waals surface area (Å²) in [6.45, 7) is 4.91. The number of benzene rings is 2. The number of carbonyl (C=O) groups excluding carboxylic acids is 1. The van der Waals surface area contributed by atoms with E-state index in [2.05, 4.69) is 10.3 Å². The summed E-state index contributed by atoms with van der Waals surface area (Å²) in [5.74, 6) is 1.48. The summed E-state index contributed by atoms with van der Waals surface area (Å²) in [6.07, 6.45) is 0. The Bertz CT molecular complexity index is 913. The van der Waals surface area contributed by atoms with Gasteiger partial charge in [-0.05, 0) is 26.0 Å². The molecular weight excluding hydrogens is 392 g/mol. The molecule has 0 saturated heterocycles. The van der Waals surface area contributed by atoms with Crippen molar-refractivity contribution in [3.8, 4) is 22.8 Å². The summed E-state index contributed by atoms with van der Waals surface area (Å²) in [4.78, 5) is 17.0. The molecule has 0 aliphatic carbocycles. The van der Waals surface area contributed by atoms with Gasteiger partial charge in [-0.1, -0.05) is 42.1 Å². The molecule has 1 aromatic heterocycles. The van der Waals surface area contributed by atoms with E-state index >= 15 is 0 Å². The number of anilines is 1. The van der Waals surface area contributed by atoms with Crippen LogP contribution in [-0.2, 0) is 4.79 Å². The van der Waals surface area contributed by atoms with Crippen LogP contribution in [0.2, 0.25) is 0 Å². The number of amides is 1. The van der Waals surface area contributed by atoms with Gasteiger partial charge in [0.05, 0.1) is 30.3 Å². The van der Waals surface area contributed by atoms with Gasteiger partial charge in [-0.3, -0.25) is 4.79 Å². The molecule has 2 aromatic carbocycles. The standard InChI is InChI=1S/C21H22N2O3S2/c1-3-25-16-10-11-19(26-4-2)17(12-16)22-20(24)14-28-21-23-18(13-27-21)15-8-6-5-7-9-15/h5-13H,3-4,14H2,1-2H3,(H,22,24). The van der Waals surface area contributed by atoms with Crippen LogP contribution in [0.25, 0.3) is 11.3 Å². The van der Waals surface area contributed by atoms with E-state index in [-0.39, 0.29) is 11.7 Å². The van der Waals surface area contributed by atoms with Gasteiger partial charge in [0.15, 0.2) is 4.34 Å². The molecule has 28 heavy (non-hydrogen) atoms. The van der Waals surface area contributed by atoms with E-state index in [1.54, 1.807) is 17.4 Å². The Morgan fingerprint density at radius 3 is 2.64 bits per heavy atom. The summed E-state index contributed by atoms with van der Waals surface area (Å²) >= 11 is 2.96. The zero-order chi connectivity index (χ0) is 19.8. The number of aromatic nitrogens is 1. The summed E-state index contributed by atoms with van der Waals surface area (Å²) in [5, 5.41) is 4.92. The normalized spacial score (nSPS) is 10.5. The number of nitrogens with one attached hydrogen (secondary N) is 1. The topological polar surface area (TPSA) is 60.5 Å². The van der Waals surface area contributed by atoms with Crippen LogP contribution in [-0.4, -0.2) is 29.9 Å². The van der Waals surface area contributed by atoms with Gasteiger partial charge in [-0.2, -0.15) is 0 Å². The lowest BCUT2D eigenvalue weighted by atomic mass is 10.2. The van der Waals surface area contributed by atoms with Crippen molar-refractivity contribution in [2.45, 2.75) is 18.2 Å². The molecule has 0 aliphatic rings. The minimum atomic E-state index is -0.115. The number of carbonyl (C=O) groups is 1. The van der Waals surface area contributed by atoms with E-state index in [4.69, 9.17) is 9.47 Å². The molecule has 7 heteroatoms. The van der Waals surface area contributed by atoms with E-state index in [1.807, 2.05) is 61.7 Å². The number of hydrogen-bond donors (Lipinski definition) is 1. The lowest BCUT2D eigenvalue weighted by Gasteiger charge is -2.13. The Hall–Kier alpha value is -2.51. The second-order valence-electron chi connectivity index (χ2n) is 5.73. The monoisotopic (exact) mass is 414 g/mol. The number of hydrogen-bond acceptors (Lipinski definition) is 6. The van der Waals surface area contributed by atoms with Gasteiger partial charge in [0.25, 0.3) is 0 Å². The smallest absolute Gasteiger partial charge is 0.234 e. The molecule has 3 rings (SSSR count). The van der Waals surface area contributed by atoms with Gasteiger partial charge >= 0.3 is 0 Å². The minimum Gasteiger partial charge on any atom is -0.494 e. The predicted octanol–water partition coefficient (Wildman–Crippen LogP) is 5.34. The van der Waals surface area contributed by atoms with Crippen molar-refractivity contribution in [3.05, 3.63) is 53.9 Å². The Morgan fingerprint density at radius 2 is 1.89 bits per heavy atom. The molecule has 1 N–H and O–H groups in total. The molecular formula is C21H22N2O3S2. The van der Waals surface area contributed by atoms with E-state index in [9.17, 15) is 4.79 Å². The highest BCUT2D eigenvalue weighted by atomic mass is 32.2. The first-order valence-corrected chi connectivity index (χ1v) is 10.9. The third kappa shape index (κ3) is 5.50. The highest BCUT2D eigenvalue weighted by Crippen LogP contribution is 2.31. The van der Waals surface area contributed by atoms with Gasteiger partial charge in [0, 0.05) is 17.0 Å².